The number of hydrogen-bond acceptors (Lipinski definition) is 5. The van der Waals surface area contributed by atoms with Gasteiger partial charge in [-0.1, -0.05) is 84.8 Å². The van der Waals surface area contributed by atoms with E-state index in [0.29, 0.717) is 29.3 Å². The van der Waals surface area contributed by atoms with Crippen molar-refractivity contribution in [3.8, 4) is 5.75 Å². The summed E-state index contributed by atoms with van der Waals surface area (Å²) in [4.78, 5) is 29.7. The maximum atomic E-state index is 14.5. The second-order valence-corrected chi connectivity index (χ2v) is 13.0. The first-order chi connectivity index (χ1) is 21.6. The Kier molecular flexibility index (Phi) is 11.6. The molecule has 0 fully saturated rings. The number of halogens is 1. The summed E-state index contributed by atoms with van der Waals surface area (Å²) in [5, 5.41) is 3.42. The molecular weight excluding hydrogens is 610 g/mol. The molecule has 0 bridgehead atoms. The van der Waals surface area contributed by atoms with Gasteiger partial charge < -0.3 is 15.0 Å². The second kappa shape index (κ2) is 15.6. The van der Waals surface area contributed by atoms with Gasteiger partial charge in [-0.25, -0.2) is 8.42 Å². The molecule has 0 saturated heterocycles. The second-order valence-electron chi connectivity index (χ2n) is 10.7. The molecule has 0 aliphatic carbocycles. The number of amides is 2. The highest BCUT2D eigenvalue weighted by Crippen LogP contribution is 2.28. The normalized spacial score (nSPS) is 11.8. The monoisotopic (exact) mass is 647 g/mol. The Hall–Kier alpha value is -4.34. The summed E-state index contributed by atoms with van der Waals surface area (Å²) in [6.07, 6.45) is 0.941. The van der Waals surface area contributed by atoms with Gasteiger partial charge in [-0.3, -0.25) is 13.9 Å². The number of hydrogen-bond donors (Lipinski definition) is 1. The summed E-state index contributed by atoms with van der Waals surface area (Å²) >= 11 is 6.30. The van der Waals surface area contributed by atoms with Crippen LogP contribution in [0.25, 0.3) is 0 Å². The van der Waals surface area contributed by atoms with Crippen molar-refractivity contribution < 1.29 is 22.7 Å². The molecule has 0 aromatic heterocycles. The van der Waals surface area contributed by atoms with E-state index in [2.05, 4.69) is 5.32 Å². The van der Waals surface area contributed by atoms with Crippen LogP contribution in [0.2, 0.25) is 5.02 Å². The predicted molar refractivity (Wildman–Crippen MR) is 178 cm³/mol. The van der Waals surface area contributed by atoms with Crippen LogP contribution < -0.4 is 14.4 Å². The van der Waals surface area contributed by atoms with Crippen LogP contribution in [-0.2, 0) is 32.6 Å². The Bertz CT molecular complexity index is 1700. The molecule has 8 nitrogen and oxygen atoms in total. The van der Waals surface area contributed by atoms with E-state index in [1.807, 2.05) is 50.2 Å². The molecular formula is C35H38ClN3O5S. The Balaban J connectivity index is 1.81. The standard InChI is InChI=1S/C35H38ClN3O5S/c1-4-20-37-35(41)33(22-27-10-6-5-7-11-27)38(24-28-12-8-13-29(36)21-28)34(40)25-39(30-14-9-15-31(23-30)44-3)45(42,43)32-18-16-26(2)17-19-32/h5-19,21,23,33H,4,20,22,24-25H2,1-3H3,(H,37,41). The van der Waals surface area contributed by atoms with Crippen molar-refractivity contribution in [2.75, 3.05) is 24.5 Å². The number of carbonyl (C=O) groups excluding carboxylic acids is 2. The van der Waals surface area contributed by atoms with Gasteiger partial charge in [0.2, 0.25) is 11.8 Å². The van der Waals surface area contributed by atoms with Crippen LogP contribution in [0.4, 0.5) is 5.69 Å². The maximum absolute atomic E-state index is 14.5. The number of anilines is 1. The number of ether oxygens (including phenoxy) is 1. The summed E-state index contributed by atoms with van der Waals surface area (Å²) in [6, 6.07) is 28.5. The van der Waals surface area contributed by atoms with Gasteiger partial charge in [-0.05, 0) is 60.9 Å². The SMILES string of the molecule is CCCNC(=O)C(Cc1ccccc1)N(Cc1cccc(Cl)c1)C(=O)CN(c1cccc(OC)c1)S(=O)(=O)c1ccc(C)cc1. The first-order valence-electron chi connectivity index (χ1n) is 14.7. The minimum atomic E-state index is -4.21. The minimum absolute atomic E-state index is 0.0339. The Morgan fingerprint density at radius 3 is 2.24 bits per heavy atom. The summed E-state index contributed by atoms with van der Waals surface area (Å²) < 4.78 is 34.8. The molecule has 0 saturated carbocycles. The number of benzene rings is 4. The van der Waals surface area contributed by atoms with E-state index in [9.17, 15) is 18.0 Å². The third kappa shape index (κ3) is 8.86. The lowest BCUT2D eigenvalue weighted by Gasteiger charge is -2.34. The fourth-order valence-corrected chi connectivity index (χ4v) is 6.50. The fourth-order valence-electron chi connectivity index (χ4n) is 4.88. The smallest absolute Gasteiger partial charge is 0.264 e. The molecule has 0 heterocycles. The van der Waals surface area contributed by atoms with Crippen molar-refractivity contribution in [1.82, 2.24) is 10.2 Å². The largest absolute Gasteiger partial charge is 0.497 e. The number of sulfonamides is 1. The van der Waals surface area contributed by atoms with Crippen LogP contribution in [0.3, 0.4) is 0 Å². The van der Waals surface area contributed by atoms with Gasteiger partial charge in [0.05, 0.1) is 17.7 Å². The topological polar surface area (TPSA) is 96.0 Å². The van der Waals surface area contributed by atoms with E-state index in [1.54, 1.807) is 54.6 Å². The first kappa shape index (κ1) is 33.6. The molecule has 1 atom stereocenters. The molecule has 4 rings (SSSR count). The third-order valence-corrected chi connectivity index (χ3v) is 9.31. The van der Waals surface area contributed by atoms with Gasteiger partial charge in [0.25, 0.3) is 10.0 Å². The van der Waals surface area contributed by atoms with Crippen molar-refractivity contribution in [2.45, 2.75) is 44.2 Å². The van der Waals surface area contributed by atoms with Gasteiger partial charge >= 0.3 is 0 Å². The molecule has 45 heavy (non-hydrogen) atoms. The fraction of sp³-hybridized carbons (Fsp3) is 0.257. The van der Waals surface area contributed by atoms with Crippen LogP contribution in [0, 0.1) is 6.92 Å². The lowest BCUT2D eigenvalue weighted by Crippen LogP contribution is -2.53. The molecule has 0 spiro atoms. The van der Waals surface area contributed by atoms with Crippen LogP contribution in [-0.4, -0.2) is 51.4 Å². The molecule has 4 aromatic rings. The average molecular weight is 648 g/mol. The highest BCUT2D eigenvalue weighted by molar-refractivity contribution is 7.92. The van der Waals surface area contributed by atoms with Crippen LogP contribution in [0.15, 0.2) is 108 Å². The zero-order chi connectivity index (χ0) is 32.4. The van der Waals surface area contributed by atoms with Crippen LogP contribution >= 0.6 is 11.6 Å². The first-order valence-corrected chi connectivity index (χ1v) is 16.5. The summed E-state index contributed by atoms with van der Waals surface area (Å²) in [5.74, 6) is -0.452. The van der Waals surface area contributed by atoms with Crippen molar-refractivity contribution in [3.63, 3.8) is 0 Å². The summed E-state index contributed by atoms with van der Waals surface area (Å²) in [5.41, 5.74) is 2.70. The van der Waals surface area contributed by atoms with E-state index in [-0.39, 0.29) is 29.5 Å². The Morgan fingerprint density at radius 2 is 1.58 bits per heavy atom. The summed E-state index contributed by atoms with van der Waals surface area (Å²) in [6.45, 7) is 3.72. The van der Waals surface area contributed by atoms with Crippen molar-refractivity contribution in [3.05, 3.63) is 125 Å². The molecule has 4 aromatic carbocycles. The highest BCUT2D eigenvalue weighted by atomic mass is 35.5. The highest BCUT2D eigenvalue weighted by Gasteiger charge is 2.34. The predicted octanol–water partition coefficient (Wildman–Crippen LogP) is 6.02. The Morgan fingerprint density at radius 1 is 0.889 bits per heavy atom. The number of nitrogens with one attached hydrogen (secondary N) is 1. The van der Waals surface area contributed by atoms with Gasteiger partial charge in [-0.2, -0.15) is 0 Å². The zero-order valence-corrected chi connectivity index (χ0v) is 27.2. The maximum Gasteiger partial charge on any atom is 0.264 e. The molecule has 0 aliphatic rings. The minimum Gasteiger partial charge on any atom is -0.497 e. The van der Waals surface area contributed by atoms with Gasteiger partial charge in [-0.15, -0.1) is 0 Å². The molecule has 0 radical (unpaired) electrons. The van der Waals surface area contributed by atoms with E-state index < -0.39 is 28.5 Å². The van der Waals surface area contributed by atoms with Crippen molar-refractivity contribution >= 4 is 39.1 Å². The molecule has 1 unspecified atom stereocenters. The van der Waals surface area contributed by atoms with Crippen molar-refractivity contribution in [2.24, 2.45) is 0 Å². The number of carbonyl (C=O) groups is 2. The van der Waals surface area contributed by atoms with Gasteiger partial charge in [0.1, 0.15) is 18.3 Å². The number of rotatable bonds is 14. The quantitative estimate of drug-likeness (QED) is 0.181. The number of methoxy groups -OCH3 is 1. The van der Waals surface area contributed by atoms with Gasteiger partial charge in [0, 0.05) is 30.6 Å². The lowest BCUT2D eigenvalue weighted by molar-refractivity contribution is -0.140. The van der Waals surface area contributed by atoms with Crippen LogP contribution in [0.5, 0.6) is 5.75 Å². The third-order valence-electron chi connectivity index (χ3n) is 7.29. The van der Waals surface area contributed by atoms with E-state index in [0.717, 1.165) is 15.4 Å². The van der Waals surface area contributed by atoms with Gasteiger partial charge in [0.15, 0.2) is 0 Å². The number of nitrogens with zero attached hydrogens (tertiary/aromatic N) is 2. The van der Waals surface area contributed by atoms with E-state index in [1.165, 1.54) is 24.1 Å². The number of aryl methyl sites for hydroxylation is 1. The molecule has 1 N–H and O–H groups in total. The van der Waals surface area contributed by atoms with Crippen LogP contribution in [0.1, 0.15) is 30.0 Å². The summed E-state index contributed by atoms with van der Waals surface area (Å²) in [7, 11) is -2.73. The molecule has 0 aliphatic heterocycles. The zero-order valence-electron chi connectivity index (χ0n) is 25.6. The van der Waals surface area contributed by atoms with Crippen molar-refractivity contribution in [1.29, 1.82) is 0 Å². The molecule has 236 valence electrons. The Labute approximate surface area is 270 Å². The lowest BCUT2D eigenvalue weighted by atomic mass is 10.0. The average Bonchev–Trinajstić information content (AvgIpc) is 3.04. The van der Waals surface area contributed by atoms with E-state index >= 15 is 0 Å². The molecule has 10 heteroatoms. The van der Waals surface area contributed by atoms with E-state index in [4.69, 9.17) is 16.3 Å². The molecule has 2 amide bonds.